The summed E-state index contributed by atoms with van der Waals surface area (Å²) >= 11 is 0. The van der Waals surface area contributed by atoms with Gasteiger partial charge in [-0.3, -0.25) is 4.79 Å². The molecule has 0 aromatic rings. The third-order valence-electron chi connectivity index (χ3n) is 4.43. The smallest absolute Gasteiger partial charge is 0.226 e. The fraction of sp³-hybridized carbons (Fsp3) is 0.941. The van der Waals surface area contributed by atoms with Crippen LogP contribution in [0.2, 0.25) is 0 Å². The quantitative estimate of drug-likeness (QED) is 0.743. The van der Waals surface area contributed by atoms with Crippen molar-refractivity contribution in [2.75, 3.05) is 13.1 Å². The van der Waals surface area contributed by atoms with Gasteiger partial charge in [0.2, 0.25) is 5.91 Å². The van der Waals surface area contributed by atoms with E-state index in [2.05, 4.69) is 41.5 Å². The molecule has 0 aromatic heterocycles. The highest BCUT2D eigenvalue weighted by Crippen LogP contribution is 2.35. The lowest BCUT2D eigenvalue weighted by Gasteiger charge is -2.39. The zero-order valence-electron chi connectivity index (χ0n) is 14.2. The fourth-order valence-corrected chi connectivity index (χ4v) is 3.69. The number of ether oxygens (including phenoxy) is 1. The maximum atomic E-state index is 12.9. The largest absolute Gasteiger partial charge is 0.376 e. The molecular formula is C17H33NO2. The van der Waals surface area contributed by atoms with E-state index in [-0.39, 0.29) is 18.1 Å². The molecule has 0 aliphatic carbocycles. The van der Waals surface area contributed by atoms with Crippen molar-refractivity contribution < 1.29 is 9.53 Å². The fourth-order valence-electron chi connectivity index (χ4n) is 3.69. The molecule has 20 heavy (non-hydrogen) atoms. The van der Waals surface area contributed by atoms with Gasteiger partial charge in [-0.2, -0.15) is 0 Å². The summed E-state index contributed by atoms with van der Waals surface area (Å²) in [6, 6.07) is 0. The van der Waals surface area contributed by atoms with Crippen molar-refractivity contribution >= 4 is 5.91 Å². The third kappa shape index (κ3) is 4.47. The minimum Gasteiger partial charge on any atom is -0.376 e. The molecule has 1 heterocycles. The van der Waals surface area contributed by atoms with Gasteiger partial charge in [-0.05, 0) is 51.9 Å². The molecule has 1 aliphatic heterocycles. The molecule has 1 saturated heterocycles. The van der Waals surface area contributed by atoms with Gasteiger partial charge >= 0.3 is 0 Å². The molecule has 3 atom stereocenters. The van der Waals surface area contributed by atoms with Gasteiger partial charge in [-0.15, -0.1) is 0 Å². The summed E-state index contributed by atoms with van der Waals surface area (Å²) in [6.45, 7) is 14.6. The predicted octanol–water partition coefficient (Wildman–Crippen LogP) is 3.72. The van der Waals surface area contributed by atoms with Gasteiger partial charge in [-0.1, -0.05) is 20.8 Å². The van der Waals surface area contributed by atoms with Crippen LogP contribution >= 0.6 is 0 Å². The van der Waals surface area contributed by atoms with E-state index in [9.17, 15) is 4.79 Å². The van der Waals surface area contributed by atoms with Crippen LogP contribution in [-0.2, 0) is 9.53 Å². The van der Waals surface area contributed by atoms with Crippen molar-refractivity contribution in [3.8, 4) is 0 Å². The van der Waals surface area contributed by atoms with E-state index in [0.717, 1.165) is 32.4 Å². The van der Waals surface area contributed by atoms with Crippen LogP contribution in [0.4, 0.5) is 0 Å². The SMILES string of the molecule is CCCN(CC)C(=O)C(C(C)C)C1CC(C)OC(C)C1. The second-order valence-electron chi connectivity index (χ2n) is 6.68. The van der Waals surface area contributed by atoms with Crippen LogP contribution in [0.3, 0.4) is 0 Å². The molecule has 3 nitrogen and oxygen atoms in total. The first-order valence-electron chi connectivity index (χ1n) is 8.34. The number of amides is 1. The van der Waals surface area contributed by atoms with Gasteiger partial charge in [0, 0.05) is 19.0 Å². The molecule has 0 aromatic carbocycles. The Morgan fingerprint density at radius 1 is 1.20 bits per heavy atom. The Bertz CT molecular complexity index is 293. The monoisotopic (exact) mass is 283 g/mol. The first-order chi connectivity index (χ1) is 9.40. The number of hydrogen-bond acceptors (Lipinski definition) is 2. The van der Waals surface area contributed by atoms with Gasteiger partial charge < -0.3 is 9.64 Å². The van der Waals surface area contributed by atoms with Crippen molar-refractivity contribution in [2.24, 2.45) is 17.8 Å². The number of nitrogens with zero attached hydrogens (tertiary/aromatic N) is 1. The summed E-state index contributed by atoms with van der Waals surface area (Å²) in [5.74, 6) is 1.37. The predicted molar refractivity (Wildman–Crippen MR) is 83.6 cm³/mol. The maximum absolute atomic E-state index is 12.9. The van der Waals surface area contributed by atoms with Crippen molar-refractivity contribution in [3.63, 3.8) is 0 Å². The maximum Gasteiger partial charge on any atom is 0.226 e. The molecule has 1 amide bonds. The summed E-state index contributed by atoms with van der Waals surface area (Å²) in [7, 11) is 0. The number of rotatable bonds is 6. The first kappa shape index (κ1) is 17.5. The number of carbonyl (C=O) groups is 1. The molecule has 1 rings (SSSR count). The van der Waals surface area contributed by atoms with E-state index in [0.29, 0.717) is 17.7 Å². The van der Waals surface area contributed by atoms with Gasteiger partial charge in [-0.25, -0.2) is 0 Å². The summed E-state index contributed by atoms with van der Waals surface area (Å²) in [5, 5.41) is 0. The van der Waals surface area contributed by atoms with Crippen molar-refractivity contribution in [3.05, 3.63) is 0 Å². The van der Waals surface area contributed by atoms with Crippen LogP contribution in [-0.4, -0.2) is 36.1 Å². The average Bonchev–Trinajstić information content (AvgIpc) is 2.34. The van der Waals surface area contributed by atoms with Crippen LogP contribution in [0.25, 0.3) is 0 Å². The molecule has 3 heteroatoms. The molecule has 1 fully saturated rings. The average molecular weight is 283 g/mol. The van der Waals surface area contributed by atoms with Gasteiger partial charge in [0.15, 0.2) is 0 Å². The number of carbonyl (C=O) groups excluding carboxylic acids is 1. The molecule has 0 saturated carbocycles. The van der Waals surface area contributed by atoms with E-state index < -0.39 is 0 Å². The molecule has 1 aliphatic rings. The van der Waals surface area contributed by atoms with E-state index in [1.807, 2.05) is 4.90 Å². The first-order valence-corrected chi connectivity index (χ1v) is 8.34. The Morgan fingerprint density at radius 2 is 1.75 bits per heavy atom. The van der Waals surface area contributed by atoms with Crippen molar-refractivity contribution in [1.29, 1.82) is 0 Å². The lowest BCUT2D eigenvalue weighted by Crippen LogP contribution is -2.45. The van der Waals surface area contributed by atoms with Gasteiger partial charge in [0.25, 0.3) is 0 Å². The summed E-state index contributed by atoms with van der Waals surface area (Å²) in [6.07, 6.45) is 3.62. The zero-order chi connectivity index (χ0) is 15.3. The lowest BCUT2D eigenvalue weighted by molar-refractivity contribution is -0.143. The molecule has 0 spiro atoms. The van der Waals surface area contributed by atoms with Crippen LogP contribution in [0, 0.1) is 17.8 Å². The molecule has 0 bridgehead atoms. The van der Waals surface area contributed by atoms with E-state index in [1.165, 1.54) is 0 Å². The van der Waals surface area contributed by atoms with Gasteiger partial charge in [0.05, 0.1) is 12.2 Å². The summed E-state index contributed by atoms with van der Waals surface area (Å²) in [4.78, 5) is 14.9. The minimum absolute atomic E-state index is 0.148. The molecule has 3 unspecified atom stereocenters. The molecule has 0 N–H and O–H groups in total. The molecule has 0 radical (unpaired) electrons. The van der Waals surface area contributed by atoms with Crippen LogP contribution in [0.15, 0.2) is 0 Å². The standard InChI is InChI=1S/C17H33NO2/c1-7-9-18(8-2)17(19)16(12(3)4)15-10-13(5)20-14(6)11-15/h12-16H,7-11H2,1-6H3. The highest BCUT2D eigenvalue weighted by molar-refractivity contribution is 5.79. The second-order valence-corrected chi connectivity index (χ2v) is 6.68. The zero-order valence-corrected chi connectivity index (χ0v) is 14.2. The Kier molecular flexibility index (Phi) is 7.01. The van der Waals surface area contributed by atoms with Crippen molar-refractivity contribution in [2.45, 2.75) is 73.0 Å². The summed E-state index contributed by atoms with van der Waals surface area (Å²) in [5.41, 5.74) is 0. The minimum atomic E-state index is 0.148. The topological polar surface area (TPSA) is 29.5 Å². The Balaban J connectivity index is 2.84. The normalized spacial score (nSPS) is 28.4. The Morgan fingerprint density at radius 3 is 2.15 bits per heavy atom. The number of hydrogen-bond donors (Lipinski definition) is 0. The van der Waals surface area contributed by atoms with E-state index in [1.54, 1.807) is 0 Å². The van der Waals surface area contributed by atoms with E-state index >= 15 is 0 Å². The van der Waals surface area contributed by atoms with Crippen LogP contribution in [0.1, 0.15) is 60.8 Å². The highest BCUT2D eigenvalue weighted by atomic mass is 16.5. The van der Waals surface area contributed by atoms with Crippen molar-refractivity contribution in [1.82, 2.24) is 4.90 Å². The third-order valence-corrected chi connectivity index (χ3v) is 4.43. The van der Waals surface area contributed by atoms with Crippen LogP contribution in [0.5, 0.6) is 0 Å². The van der Waals surface area contributed by atoms with E-state index in [4.69, 9.17) is 4.74 Å². The summed E-state index contributed by atoms with van der Waals surface area (Å²) < 4.78 is 5.84. The Labute approximate surface area is 125 Å². The highest BCUT2D eigenvalue weighted by Gasteiger charge is 2.37. The van der Waals surface area contributed by atoms with Crippen LogP contribution < -0.4 is 0 Å². The molecular weight excluding hydrogens is 250 g/mol. The van der Waals surface area contributed by atoms with Gasteiger partial charge in [0.1, 0.15) is 0 Å². The Hall–Kier alpha value is -0.570. The molecule has 118 valence electrons. The second kappa shape index (κ2) is 8.02. The lowest BCUT2D eigenvalue weighted by atomic mass is 9.75.